The number of hydrogen-bond donors (Lipinski definition) is 2. The van der Waals surface area contributed by atoms with E-state index in [4.69, 9.17) is 5.73 Å². The van der Waals surface area contributed by atoms with E-state index in [1.807, 2.05) is 0 Å². The molecule has 1 aliphatic heterocycles. The minimum atomic E-state index is -0.709. The molecule has 3 N–H and O–H groups in total. The Bertz CT molecular complexity index is 483. The normalized spacial score (nSPS) is 23.6. The lowest BCUT2D eigenvalue weighted by Gasteiger charge is -2.22. The van der Waals surface area contributed by atoms with Gasteiger partial charge in [-0.15, -0.1) is 0 Å². The third kappa shape index (κ3) is 3.32. The van der Waals surface area contributed by atoms with E-state index in [2.05, 4.69) is 21.2 Å². The van der Waals surface area contributed by atoms with Crippen LogP contribution in [-0.2, 0) is 10.8 Å². The molecule has 0 aromatic heterocycles. The van der Waals surface area contributed by atoms with Gasteiger partial charge in [0, 0.05) is 38.5 Å². The minimum Gasteiger partial charge on any atom is -0.399 e. The van der Waals surface area contributed by atoms with Gasteiger partial charge >= 0.3 is 0 Å². The Hall–Kier alpha value is -0.880. The number of nitrogen functional groups attached to an aromatic ring is 1. The lowest BCUT2D eigenvalue weighted by Crippen LogP contribution is -2.39. The first kappa shape index (κ1) is 13.5. The SMILES string of the molecule is Nc1ccc(Br)c(C(=O)NC2CCS(=O)CC2)c1. The highest BCUT2D eigenvalue weighted by molar-refractivity contribution is 9.10. The molecule has 1 aliphatic rings. The van der Waals surface area contributed by atoms with Crippen molar-refractivity contribution in [3.63, 3.8) is 0 Å². The van der Waals surface area contributed by atoms with Crippen molar-refractivity contribution in [2.45, 2.75) is 18.9 Å². The second-order valence-electron chi connectivity index (χ2n) is 4.34. The summed E-state index contributed by atoms with van der Waals surface area (Å²) >= 11 is 3.34. The number of carbonyl (C=O) groups is 1. The van der Waals surface area contributed by atoms with Gasteiger partial charge in [0.2, 0.25) is 0 Å². The van der Waals surface area contributed by atoms with E-state index in [0.29, 0.717) is 22.8 Å². The maximum absolute atomic E-state index is 12.1. The average molecular weight is 331 g/mol. The van der Waals surface area contributed by atoms with Crippen LogP contribution in [0.15, 0.2) is 22.7 Å². The molecule has 0 saturated carbocycles. The van der Waals surface area contributed by atoms with Crippen LogP contribution in [0.2, 0.25) is 0 Å². The first-order valence-corrected chi connectivity index (χ1v) is 8.05. The zero-order valence-electron chi connectivity index (χ0n) is 9.82. The number of amides is 1. The van der Waals surface area contributed by atoms with Crippen molar-refractivity contribution in [1.82, 2.24) is 5.32 Å². The fourth-order valence-corrected chi connectivity index (χ4v) is 3.64. The predicted octanol–water partition coefficient (Wildman–Crippen LogP) is 1.67. The van der Waals surface area contributed by atoms with Crippen LogP contribution in [0, 0.1) is 0 Å². The Labute approximate surface area is 117 Å². The molecule has 1 aromatic rings. The first-order chi connectivity index (χ1) is 8.56. The standard InChI is InChI=1S/C12H15BrN2O2S/c13-11-2-1-8(14)7-10(11)12(16)15-9-3-5-18(17)6-4-9/h1-2,7,9H,3-6,14H2,(H,15,16). The molecule has 0 aliphatic carbocycles. The molecule has 1 amide bonds. The number of benzene rings is 1. The van der Waals surface area contributed by atoms with Gasteiger partial charge in [0.05, 0.1) is 5.56 Å². The summed E-state index contributed by atoms with van der Waals surface area (Å²) in [5.41, 5.74) is 6.78. The number of rotatable bonds is 2. The van der Waals surface area contributed by atoms with Crippen LogP contribution >= 0.6 is 15.9 Å². The summed E-state index contributed by atoms with van der Waals surface area (Å²) in [6.07, 6.45) is 1.55. The maximum Gasteiger partial charge on any atom is 0.252 e. The number of halogens is 1. The molecular formula is C12H15BrN2O2S. The molecule has 2 rings (SSSR count). The Morgan fingerprint density at radius 2 is 2.06 bits per heavy atom. The van der Waals surface area contributed by atoms with Gasteiger partial charge < -0.3 is 11.1 Å². The van der Waals surface area contributed by atoms with E-state index in [0.717, 1.165) is 17.3 Å². The molecule has 0 bridgehead atoms. The lowest BCUT2D eigenvalue weighted by atomic mass is 10.1. The lowest BCUT2D eigenvalue weighted by molar-refractivity contribution is 0.0934. The molecule has 6 heteroatoms. The second kappa shape index (κ2) is 5.84. The largest absolute Gasteiger partial charge is 0.399 e. The summed E-state index contributed by atoms with van der Waals surface area (Å²) in [7, 11) is -0.709. The highest BCUT2D eigenvalue weighted by Gasteiger charge is 2.21. The summed E-state index contributed by atoms with van der Waals surface area (Å²) in [5, 5.41) is 2.96. The number of carbonyl (C=O) groups excluding carboxylic acids is 1. The third-order valence-electron chi connectivity index (χ3n) is 2.96. The molecule has 0 radical (unpaired) electrons. The van der Waals surface area contributed by atoms with Crippen LogP contribution in [0.3, 0.4) is 0 Å². The van der Waals surface area contributed by atoms with Crippen molar-refractivity contribution >= 4 is 38.3 Å². The zero-order chi connectivity index (χ0) is 13.1. The molecule has 98 valence electrons. The number of nitrogens with one attached hydrogen (secondary N) is 1. The second-order valence-corrected chi connectivity index (χ2v) is 6.89. The van der Waals surface area contributed by atoms with Crippen molar-refractivity contribution in [2.75, 3.05) is 17.2 Å². The minimum absolute atomic E-state index is 0.114. The molecular weight excluding hydrogens is 316 g/mol. The summed E-state index contributed by atoms with van der Waals surface area (Å²) in [6.45, 7) is 0. The molecule has 0 spiro atoms. The number of nitrogens with two attached hydrogens (primary N) is 1. The van der Waals surface area contributed by atoms with Crippen LogP contribution in [0.4, 0.5) is 5.69 Å². The smallest absolute Gasteiger partial charge is 0.252 e. The summed E-state index contributed by atoms with van der Waals surface area (Å²) in [5.74, 6) is 1.21. The van der Waals surface area contributed by atoms with Gasteiger partial charge in [-0.25, -0.2) is 0 Å². The van der Waals surface area contributed by atoms with E-state index >= 15 is 0 Å². The zero-order valence-corrected chi connectivity index (χ0v) is 12.2. The summed E-state index contributed by atoms with van der Waals surface area (Å²) in [4.78, 5) is 12.1. The Morgan fingerprint density at radius 1 is 1.39 bits per heavy atom. The topological polar surface area (TPSA) is 72.2 Å². The van der Waals surface area contributed by atoms with Crippen LogP contribution < -0.4 is 11.1 Å². The molecule has 18 heavy (non-hydrogen) atoms. The van der Waals surface area contributed by atoms with Crippen molar-refractivity contribution < 1.29 is 9.00 Å². The third-order valence-corrected chi connectivity index (χ3v) is 5.03. The molecule has 1 saturated heterocycles. The highest BCUT2D eigenvalue weighted by Crippen LogP contribution is 2.20. The van der Waals surface area contributed by atoms with Crippen molar-refractivity contribution in [3.05, 3.63) is 28.2 Å². The van der Waals surface area contributed by atoms with Crippen molar-refractivity contribution in [3.8, 4) is 0 Å². The number of anilines is 1. The monoisotopic (exact) mass is 330 g/mol. The van der Waals surface area contributed by atoms with E-state index in [9.17, 15) is 9.00 Å². The van der Waals surface area contributed by atoms with Gasteiger partial charge in [-0.05, 0) is 47.0 Å². The first-order valence-electron chi connectivity index (χ1n) is 5.77. The van der Waals surface area contributed by atoms with Gasteiger partial charge in [-0.2, -0.15) is 0 Å². The predicted molar refractivity (Wildman–Crippen MR) is 76.9 cm³/mol. The van der Waals surface area contributed by atoms with E-state index in [1.54, 1.807) is 18.2 Å². The van der Waals surface area contributed by atoms with Gasteiger partial charge in [-0.1, -0.05) is 0 Å². The van der Waals surface area contributed by atoms with Gasteiger partial charge in [0.1, 0.15) is 0 Å². The Kier molecular flexibility index (Phi) is 4.40. The summed E-state index contributed by atoms with van der Waals surface area (Å²) in [6, 6.07) is 5.27. The van der Waals surface area contributed by atoms with Gasteiger partial charge in [-0.3, -0.25) is 9.00 Å². The molecule has 4 nitrogen and oxygen atoms in total. The Morgan fingerprint density at radius 3 is 2.72 bits per heavy atom. The van der Waals surface area contributed by atoms with Crippen LogP contribution in [0.1, 0.15) is 23.2 Å². The van der Waals surface area contributed by atoms with Crippen molar-refractivity contribution in [1.29, 1.82) is 0 Å². The Balaban J connectivity index is 2.03. The van der Waals surface area contributed by atoms with Gasteiger partial charge in [0.15, 0.2) is 0 Å². The summed E-state index contributed by atoms with van der Waals surface area (Å²) < 4.78 is 12.0. The quantitative estimate of drug-likeness (QED) is 0.810. The van der Waals surface area contributed by atoms with Gasteiger partial charge in [0.25, 0.3) is 5.91 Å². The van der Waals surface area contributed by atoms with E-state index in [-0.39, 0.29) is 11.9 Å². The van der Waals surface area contributed by atoms with Crippen LogP contribution in [-0.4, -0.2) is 27.7 Å². The molecule has 1 fully saturated rings. The fourth-order valence-electron chi connectivity index (χ4n) is 1.92. The van der Waals surface area contributed by atoms with Crippen LogP contribution in [0.25, 0.3) is 0 Å². The maximum atomic E-state index is 12.1. The fraction of sp³-hybridized carbons (Fsp3) is 0.417. The van der Waals surface area contributed by atoms with Crippen molar-refractivity contribution in [2.24, 2.45) is 0 Å². The number of hydrogen-bond acceptors (Lipinski definition) is 3. The molecule has 1 heterocycles. The van der Waals surface area contributed by atoms with E-state index in [1.165, 1.54) is 0 Å². The highest BCUT2D eigenvalue weighted by atomic mass is 79.9. The average Bonchev–Trinajstić information content (AvgIpc) is 2.35. The molecule has 1 aromatic carbocycles. The molecule has 0 unspecified atom stereocenters. The molecule has 0 atom stereocenters. The van der Waals surface area contributed by atoms with Crippen LogP contribution in [0.5, 0.6) is 0 Å². The van der Waals surface area contributed by atoms with E-state index < -0.39 is 10.8 Å².